The summed E-state index contributed by atoms with van der Waals surface area (Å²) in [7, 11) is 0. The number of thiol groups is 1. The van der Waals surface area contributed by atoms with Crippen LogP contribution in [0.15, 0.2) is 24.3 Å². The predicted molar refractivity (Wildman–Crippen MR) is 233 cm³/mol. The number of likely N-dealkylation sites (tertiary alicyclic amines) is 3. The molecule has 1 aromatic rings. The Balaban J connectivity index is 1.41. The first-order valence-corrected chi connectivity index (χ1v) is 22.4. The van der Waals surface area contributed by atoms with E-state index in [9.17, 15) is 63.6 Å². The van der Waals surface area contributed by atoms with Crippen LogP contribution in [0.4, 0.5) is 0 Å². The molecule has 23 nitrogen and oxygen atoms in total. The van der Waals surface area contributed by atoms with Crippen molar-refractivity contribution >= 4 is 65.9 Å². The molecule has 0 saturated carbocycles. The third-order valence-corrected chi connectivity index (χ3v) is 12.0. The van der Waals surface area contributed by atoms with Crippen molar-refractivity contribution in [2.24, 2.45) is 11.5 Å². The number of carbonyl (C=O) groups is 9. The van der Waals surface area contributed by atoms with Gasteiger partial charge in [0.2, 0.25) is 47.3 Å². The quantitative estimate of drug-likeness (QED) is 0.0363. The number of carboxylic acid groups (broad SMARTS) is 1. The number of phenols is 1. The first-order chi connectivity index (χ1) is 31.0. The summed E-state index contributed by atoms with van der Waals surface area (Å²) in [5.74, 6) is -7.07. The van der Waals surface area contributed by atoms with Crippen LogP contribution in [-0.4, -0.2) is 188 Å². The fraction of sp³-hybridized carbons (Fsp3) is 0.634. The zero-order valence-electron chi connectivity index (χ0n) is 36.1. The molecule has 0 aromatic heterocycles. The number of phenolic OH excluding ortho intramolecular Hbond substituents is 1. The van der Waals surface area contributed by atoms with E-state index in [2.05, 4.69) is 39.2 Å². The van der Waals surface area contributed by atoms with Gasteiger partial charge in [-0.05, 0) is 82.0 Å². The molecule has 3 aliphatic rings. The fourth-order valence-corrected chi connectivity index (χ4v) is 8.33. The van der Waals surface area contributed by atoms with Crippen molar-refractivity contribution in [3.63, 3.8) is 0 Å². The second kappa shape index (κ2) is 25.2. The fourth-order valence-electron chi connectivity index (χ4n) is 8.09. The smallest absolute Gasteiger partial charge is 0.328 e. The third kappa shape index (κ3) is 14.2. The van der Waals surface area contributed by atoms with E-state index in [0.717, 1.165) is 0 Å². The van der Waals surface area contributed by atoms with Crippen LogP contribution in [0.5, 0.6) is 5.75 Å². The number of aliphatic hydroxyl groups is 2. The number of carbonyl (C=O) groups excluding carboxylic acids is 8. The number of aromatic hydroxyl groups is 1. The summed E-state index contributed by atoms with van der Waals surface area (Å²) in [6.07, 6.45) is 3.11. The van der Waals surface area contributed by atoms with E-state index in [4.69, 9.17) is 11.5 Å². The minimum atomic E-state index is -1.57. The van der Waals surface area contributed by atoms with Crippen LogP contribution in [0.2, 0.25) is 0 Å². The minimum absolute atomic E-state index is 0.0336. The van der Waals surface area contributed by atoms with E-state index in [-0.39, 0.29) is 63.2 Å². The third-order valence-electron chi connectivity index (χ3n) is 11.7. The van der Waals surface area contributed by atoms with E-state index in [0.29, 0.717) is 44.2 Å². The average Bonchev–Trinajstić information content (AvgIpc) is 4.10. The molecule has 4 rings (SSSR count). The molecule has 3 heterocycles. The molecule has 1 aromatic carbocycles. The number of rotatable bonds is 23. The number of unbranched alkanes of at least 4 members (excludes halogenated alkanes) is 1. The number of hydrogen-bond acceptors (Lipinski definition) is 15. The first-order valence-electron chi connectivity index (χ1n) is 21.7. The average molecular weight is 935 g/mol. The van der Waals surface area contributed by atoms with E-state index in [1.165, 1.54) is 26.8 Å². The molecule has 3 saturated heterocycles. The highest BCUT2D eigenvalue weighted by atomic mass is 32.1. The number of benzene rings is 1. The van der Waals surface area contributed by atoms with Crippen molar-refractivity contribution in [1.29, 1.82) is 0 Å². The van der Waals surface area contributed by atoms with Crippen molar-refractivity contribution in [3.8, 4) is 5.75 Å². The lowest BCUT2D eigenvalue weighted by atomic mass is 10.0. The first kappa shape index (κ1) is 52.1. The zero-order chi connectivity index (χ0) is 47.8. The van der Waals surface area contributed by atoms with Gasteiger partial charge in [-0.15, -0.1) is 0 Å². The number of nitrogens with zero attached hydrogens (tertiary/aromatic N) is 3. The van der Waals surface area contributed by atoms with E-state index >= 15 is 0 Å². The highest BCUT2D eigenvalue weighted by Crippen LogP contribution is 2.26. The van der Waals surface area contributed by atoms with Gasteiger partial charge in [-0.1, -0.05) is 12.1 Å². The minimum Gasteiger partial charge on any atom is -0.508 e. The Hall–Kier alpha value is -5.56. The lowest BCUT2D eigenvalue weighted by Crippen LogP contribution is -2.59. The van der Waals surface area contributed by atoms with E-state index in [1.807, 2.05) is 0 Å². The lowest BCUT2D eigenvalue weighted by Gasteiger charge is -2.32. The van der Waals surface area contributed by atoms with Crippen molar-refractivity contribution < 1.29 is 63.6 Å². The van der Waals surface area contributed by atoms with Crippen molar-refractivity contribution in [2.75, 3.05) is 51.7 Å². The zero-order valence-corrected chi connectivity index (χ0v) is 37.0. The highest BCUT2D eigenvalue weighted by molar-refractivity contribution is 7.80. The Morgan fingerprint density at radius 1 is 0.692 bits per heavy atom. The van der Waals surface area contributed by atoms with Crippen LogP contribution < -0.4 is 38.1 Å². The molecule has 8 atom stereocenters. The number of nitrogens with one attached hydrogen (secondary N) is 5. The monoisotopic (exact) mass is 934 g/mol. The number of nitrogens with two attached hydrogens (primary N) is 2. The molecular weight excluding hydrogens is 873 g/mol. The standard InChI is InChI=1S/C41H62N10O13S/c42-14-2-1-6-26(45-34(56)25(43)20-52)36(58)46-27(18-23-10-12-24(54)13-11-23)35(57)44-19-33(55)49-15-5-9-32(49)40(62)51-17-4-8-31(51)38(60)48-29(22-65)39(61)50-16-3-7-30(50)37(59)47-28(21-53)41(63)64/h10-13,25-32,52-54,65H,1-9,14-22,42-43H2,(H,44,57)(H,45,56)(H,46,58)(H,47,59)(H,48,60)(H,63,64)/t25-,26-,27-,28-,29-,30-,31-,32-/m0/s1. The van der Waals surface area contributed by atoms with Crippen LogP contribution in [0, 0.1) is 0 Å². The summed E-state index contributed by atoms with van der Waals surface area (Å²) in [6, 6.07) is -3.63. The van der Waals surface area contributed by atoms with Crippen molar-refractivity contribution in [2.45, 2.75) is 113 Å². The Morgan fingerprint density at radius 2 is 1.26 bits per heavy atom. The van der Waals surface area contributed by atoms with Gasteiger partial charge in [-0.3, -0.25) is 38.4 Å². The molecule has 0 unspecified atom stereocenters. The number of aliphatic carboxylic acids is 1. The number of carboxylic acids is 1. The van der Waals surface area contributed by atoms with Crippen LogP contribution in [-0.2, 0) is 49.6 Å². The Morgan fingerprint density at radius 3 is 1.85 bits per heavy atom. The topological polar surface area (TPSA) is 356 Å². The van der Waals surface area contributed by atoms with Crippen LogP contribution in [0.3, 0.4) is 0 Å². The molecular formula is C41H62N10O13S. The highest BCUT2D eigenvalue weighted by Gasteiger charge is 2.44. The molecule has 3 aliphatic heterocycles. The molecule has 0 aliphatic carbocycles. The van der Waals surface area contributed by atoms with Gasteiger partial charge in [-0.2, -0.15) is 12.6 Å². The SMILES string of the molecule is NCCCC[C@H](NC(=O)[C@@H](N)CO)C(=O)N[C@@H](Cc1ccc(O)cc1)C(=O)NCC(=O)N1CCC[C@H]1C(=O)N1CCC[C@H]1C(=O)N[C@@H](CS)C(=O)N1CCC[C@H]1C(=O)N[C@@H](CO)C(=O)O. The molecule has 65 heavy (non-hydrogen) atoms. The van der Waals surface area contributed by atoms with Crippen LogP contribution >= 0.6 is 12.6 Å². The van der Waals surface area contributed by atoms with Crippen LogP contribution in [0.1, 0.15) is 63.4 Å². The molecule has 13 N–H and O–H groups in total. The number of hydrogen-bond donors (Lipinski definition) is 12. The van der Waals surface area contributed by atoms with E-state index in [1.54, 1.807) is 12.1 Å². The second-order valence-electron chi connectivity index (χ2n) is 16.2. The molecule has 360 valence electrons. The van der Waals surface area contributed by atoms with Gasteiger partial charge in [0.25, 0.3) is 0 Å². The maximum absolute atomic E-state index is 14.1. The summed E-state index contributed by atoms with van der Waals surface area (Å²) in [4.78, 5) is 123. The molecule has 0 radical (unpaired) electrons. The van der Waals surface area contributed by atoms with Gasteiger partial charge >= 0.3 is 5.97 Å². The summed E-state index contributed by atoms with van der Waals surface area (Å²) in [5.41, 5.74) is 11.8. The van der Waals surface area contributed by atoms with Crippen molar-refractivity contribution in [3.05, 3.63) is 29.8 Å². The van der Waals surface area contributed by atoms with Gasteiger partial charge in [0.1, 0.15) is 54.1 Å². The van der Waals surface area contributed by atoms with Gasteiger partial charge in [-0.25, -0.2) is 4.79 Å². The molecule has 24 heteroatoms. The Kier molecular flexibility index (Phi) is 20.2. The summed E-state index contributed by atoms with van der Waals surface area (Å²) >= 11 is 4.26. The largest absolute Gasteiger partial charge is 0.508 e. The maximum atomic E-state index is 14.1. The molecule has 3 fully saturated rings. The van der Waals surface area contributed by atoms with Gasteiger partial charge in [0.05, 0.1) is 19.8 Å². The van der Waals surface area contributed by atoms with Crippen molar-refractivity contribution in [1.82, 2.24) is 41.3 Å². The lowest BCUT2D eigenvalue weighted by molar-refractivity contribution is -0.147. The Labute approximate surface area is 381 Å². The van der Waals surface area contributed by atoms with Gasteiger partial charge in [0, 0.05) is 31.8 Å². The normalized spacial score (nSPS) is 20.5. The number of aliphatic hydroxyl groups excluding tert-OH is 2. The number of amides is 8. The summed E-state index contributed by atoms with van der Waals surface area (Å²) < 4.78 is 0. The predicted octanol–water partition coefficient (Wildman–Crippen LogP) is -4.58. The molecule has 8 amide bonds. The maximum Gasteiger partial charge on any atom is 0.328 e. The molecule has 0 spiro atoms. The summed E-state index contributed by atoms with van der Waals surface area (Å²) in [6.45, 7) is -1.24. The van der Waals surface area contributed by atoms with Gasteiger partial charge in [0.15, 0.2) is 0 Å². The summed E-state index contributed by atoms with van der Waals surface area (Å²) in [5, 5.41) is 50.3. The Bertz CT molecular complexity index is 1880. The van der Waals surface area contributed by atoms with E-state index < -0.39 is 121 Å². The molecule has 0 bridgehead atoms. The van der Waals surface area contributed by atoms with Gasteiger partial charge < -0.3 is 73.2 Å². The second-order valence-corrected chi connectivity index (χ2v) is 16.6. The van der Waals surface area contributed by atoms with Crippen LogP contribution in [0.25, 0.3) is 0 Å².